The van der Waals surface area contributed by atoms with Gasteiger partial charge in [-0.3, -0.25) is 4.79 Å². The molecule has 0 radical (unpaired) electrons. The zero-order valence-electron chi connectivity index (χ0n) is 8.22. The fourth-order valence-electron chi connectivity index (χ4n) is 1.96. The van der Waals surface area contributed by atoms with Crippen molar-refractivity contribution in [3.8, 4) is 0 Å². The Morgan fingerprint density at radius 3 is 3.00 bits per heavy atom. The van der Waals surface area contributed by atoms with Crippen molar-refractivity contribution in [2.24, 2.45) is 5.73 Å². The van der Waals surface area contributed by atoms with Crippen LogP contribution in [0.5, 0.6) is 0 Å². The van der Waals surface area contributed by atoms with Crippen LogP contribution in [-0.2, 0) is 11.2 Å². The molecule has 0 saturated carbocycles. The summed E-state index contributed by atoms with van der Waals surface area (Å²) in [6, 6.07) is 8.13. The summed E-state index contributed by atoms with van der Waals surface area (Å²) >= 11 is 1.42. The van der Waals surface area contributed by atoms with Crippen molar-refractivity contribution in [2.75, 3.05) is 5.75 Å². The molecule has 1 aliphatic carbocycles. The summed E-state index contributed by atoms with van der Waals surface area (Å²) in [4.78, 5) is 10.5. The van der Waals surface area contributed by atoms with Gasteiger partial charge in [0.1, 0.15) is 0 Å². The number of fused-ring (bicyclic) bond motifs is 1. The van der Waals surface area contributed by atoms with Gasteiger partial charge in [-0.15, -0.1) is 11.8 Å². The summed E-state index contributed by atoms with van der Waals surface area (Å²) in [6.07, 6.45) is 0.855. The zero-order valence-corrected chi connectivity index (χ0v) is 9.04. The van der Waals surface area contributed by atoms with E-state index in [1.807, 2.05) is 18.2 Å². The number of carbonyl (C=O) groups is 1. The molecule has 2 atom stereocenters. The first kappa shape index (κ1) is 10.5. The van der Waals surface area contributed by atoms with E-state index < -0.39 is 5.97 Å². The van der Waals surface area contributed by atoms with Gasteiger partial charge in [-0.25, -0.2) is 0 Å². The van der Waals surface area contributed by atoms with Crippen molar-refractivity contribution in [1.29, 1.82) is 0 Å². The maximum absolute atomic E-state index is 10.5. The Morgan fingerprint density at radius 1 is 1.53 bits per heavy atom. The van der Waals surface area contributed by atoms with E-state index in [2.05, 4.69) is 6.07 Å². The van der Waals surface area contributed by atoms with E-state index in [-0.39, 0.29) is 17.0 Å². The number of hydrogen-bond acceptors (Lipinski definition) is 3. The Bertz CT molecular complexity index is 381. The number of thioether (sulfide) groups is 1. The smallest absolute Gasteiger partial charge is 0.313 e. The van der Waals surface area contributed by atoms with Gasteiger partial charge in [0.2, 0.25) is 0 Å². The lowest BCUT2D eigenvalue weighted by atomic mass is 10.1. The van der Waals surface area contributed by atoms with Crippen LogP contribution in [0.15, 0.2) is 24.3 Å². The fourth-order valence-corrected chi connectivity index (χ4v) is 3.04. The van der Waals surface area contributed by atoms with Crippen molar-refractivity contribution < 1.29 is 9.90 Å². The second kappa shape index (κ2) is 4.24. The highest BCUT2D eigenvalue weighted by molar-refractivity contribution is 8.00. The number of carboxylic acids is 1. The number of hydrogen-bond donors (Lipinski definition) is 2. The highest BCUT2D eigenvalue weighted by Gasteiger charge is 2.30. The molecule has 1 aliphatic rings. The normalized spacial score (nSPS) is 23.8. The van der Waals surface area contributed by atoms with Crippen LogP contribution in [0.2, 0.25) is 0 Å². The van der Waals surface area contributed by atoms with Crippen LogP contribution in [0.4, 0.5) is 0 Å². The molecule has 0 bridgehead atoms. The molecule has 0 fully saturated rings. The van der Waals surface area contributed by atoms with Crippen molar-refractivity contribution in [1.82, 2.24) is 0 Å². The Kier molecular flexibility index (Phi) is 2.98. The quantitative estimate of drug-likeness (QED) is 0.813. The number of benzene rings is 1. The fraction of sp³-hybridized carbons (Fsp3) is 0.364. The molecule has 80 valence electrons. The molecule has 15 heavy (non-hydrogen) atoms. The standard InChI is InChI=1S/C11H13NO2S/c12-9-5-7-3-1-2-4-8(7)11(9)15-6-10(13)14/h1-4,9,11H,5-6,12H2,(H,13,14)/t9-,11-/m1/s1. The third-order valence-electron chi connectivity index (χ3n) is 2.59. The summed E-state index contributed by atoms with van der Waals surface area (Å²) in [7, 11) is 0. The number of carboxylic acid groups (broad SMARTS) is 1. The molecule has 0 saturated heterocycles. The first-order valence-corrected chi connectivity index (χ1v) is 5.90. The largest absolute Gasteiger partial charge is 0.481 e. The molecular weight excluding hydrogens is 210 g/mol. The predicted octanol–water partition coefficient (Wildman–Crippen LogP) is 1.43. The van der Waals surface area contributed by atoms with Gasteiger partial charge in [0.05, 0.1) is 5.75 Å². The van der Waals surface area contributed by atoms with Crippen LogP contribution in [-0.4, -0.2) is 22.9 Å². The third-order valence-corrected chi connectivity index (χ3v) is 3.97. The maximum Gasteiger partial charge on any atom is 0.313 e. The summed E-state index contributed by atoms with van der Waals surface area (Å²) in [5.41, 5.74) is 8.46. The lowest BCUT2D eigenvalue weighted by Gasteiger charge is -2.14. The Labute approximate surface area is 92.7 Å². The second-order valence-corrected chi connectivity index (χ2v) is 4.82. The molecule has 0 unspecified atom stereocenters. The van der Waals surface area contributed by atoms with Crippen LogP contribution < -0.4 is 5.73 Å². The van der Waals surface area contributed by atoms with Crippen LogP contribution in [0, 0.1) is 0 Å². The van der Waals surface area contributed by atoms with Crippen molar-refractivity contribution in [3.05, 3.63) is 35.4 Å². The monoisotopic (exact) mass is 223 g/mol. The highest BCUT2D eigenvalue weighted by atomic mass is 32.2. The van der Waals surface area contributed by atoms with Gasteiger partial charge in [0.25, 0.3) is 0 Å². The topological polar surface area (TPSA) is 63.3 Å². The SMILES string of the molecule is N[C@@H]1Cc2ccccc2[C@H]1SCC(=O)O. The molecule has 1 aromatic carbocycles. The molecule has 0 heterocycles. The van der Waals surface area contributed by atoms with Gasteiger partial charge in [0, 0.05) is 11.3 Å². The van der Waals surface area contributed by atoms with E-state index in [1.165, 1.54) is 22.9 Å². The molecular formula is C11H13NO2S. The van der Waals surface area contributed by atoms with Gasteiger partial charge in [-0.05, 0) is 17.5 Å². The Balaban J connectivity index is 2.15. The van der Waals surface area contributed by atoms with Gasteiger partial charge < -0.3 is 10.8 Å². The van der Waals surface area contributed by atoms with Crippen molar-refractivity contribution >= 4 is 17.7 Å². The summed E-state index contributed by atoms with van der Waals surface area (Å²) < 4.78 is 0. The van der Waals surface area contributed by atoms with Crippen LogP contribution in [0.3, 0.4) is 0 Å². The van der Waals surface area contributed by atoms with E-state index in [0.717, 1.165) is 6.42 Å². The van der Waals surface area contributed by atoms with Crippen LogP contribution >= 0.6 is 11.8 Å². The average molecular weight is 223 g/mol. The summed E-state index contributed by atoms with van der Waals surface area (Å²) in [5, 5.41) is 8.78. The van der Waals surface area contributed by atoms with E-state index in [0.29, 0.717) is 0 Å². The average Bonchev–Trinajstić information content (AvgIpc) is 2.50. The molecule has 2 rings (SSSR count). The first-order chi connectivity index (χ1) is 7.18. The summed E-state index contributed by atoms with van der Waals surface area (Å²) in [6.45, 7) is 0. The van der Waals surface area contributed by atoms with Gasteiger partial charge in [-0.1, -0.05) is 24.3 Å². The molecule has 0 aliphatic heterocycles. The third kappa shape index (κ3) is 2.16. The second-order valence-electron chi connectivity index (χ2n) is 3.69. The van der Waals surface area contributed by atoms with Gasteiger partial charge in [0.15, 0.2) is 0 Å². The Hall–Kier alpha value is -1.00. The summed E-state index contributed by atoms with van der Waals surface area (Å²) in [5.74, 6) is -0.663. The maximum atomic E-state index is 10.5. The molecule has 3 N–H and O–H groups in total. The van der Waals surface area contributed by atoms with E-state index in [4.69, 9.17) is 10.8 Å². The predicted molar refractivity (Wildman–Crippen MR) is 61.0 cm³/mol. The number of nitrogens with two attached hydrogens (primary N) is 1. The minimum atomic E-state index is -0.781. The molecule has 3 nitrogen and oxygen atoms in total. The number of aliphatic carboxylic acids is 1. The lowest BCUT2D eigenvalue weighted by molar-refractivity contribution is -0.133. The van der Waals surface area contributed by atoms with E-state index in [1.54, 1.807) is 0 Å². The Morgan fingerprint density at radius 2 is 2.27 bits per heavy atom. The van der Waals surface area contributed by atoms with Gasteiger partial charge >= 0.3 is 5.97 Å². The molecule has 0 amide bonds. The van der Waals surface area contributed by atoms with Crippen LogP contribution in [0.25, 0.3) is 0 Å². The zero-order chi connectivity index (χ0) is 10.8. The minimum Gasteiger partial charge on any atom is -0.481 e. The van der Waals surface area contributed by atoms with Crippen molar-refractivity contribution in [3.63, 3.8) is 0 Å². The minimum absolute atomic E-state index is 0.0479. The lowest BCUT2D eigenvalue weighted by Crippen LogP contribution is -2.23. The molecule has 0 spiro atoms. The van der Waals surface area contributed by atoms with Crippen molar-refractivity contribution in [2.45, 2.75) is 17.7 Å². The van der Waals surface area contributed by atoms with Crippen LogP contribution in [0.1, 0.15) is 16.4 Å². The molecule has 1 aromatic rings. The number of rotatable bonds is 3. The molecule has 0 aromatic heterocycles. The van der Waals surface area contributed by atoms with E-state index in [9.17, 15) is 4.79 Å². The molecule has 4 heteroatoms. The highest BCUT2D eigenvalue weighted by Crippen LogP contribution is 2.40. The first-order valence-electron chi connectivity index (χ1n) is 4.85. The van der Waals surface area contributed by atoms with E-state index >= 15 is 0 Å². The van der Waals surface area contributed by atoms with Gasteiger partial charge in [-0.2, -0.15) is 0 Å².